The molecule has 0 aliphatic rings. The fourth-order valence-corrected chi connectivity index (χ4v) is 3.26. The van der Waals surface area contributed by atoms with E-state index in [-0.39, 0.29) is 23.1 Å². The average Bonchev–Trinajstić information content (AvgIpc) is 3.34. The maximum atomic E-state index is 12.1. The number of anilines is 1. The molecule has 2 aromatic heterocycles. The smallest absolute Gasteiger partial charge is 0.344 e. The zero-order chi connectivity index (χ0) is 20.6. The van der Waals surface area contributed by atoms with Crippen molar-refractivity contribution in [2.24, 2.45) is 0 Å². The molecule has 0 bridgehead atoms. The summed E-state index contributed by atoms with van der Waals surface area (Å²) >= 11 is 6.69. The molecule has 3 N–H and O–H groups in total. The van der Waals surface area contributed by atoms with Crippen LogP contribution in [0.2, 0.25) is 5.02 Å². The first-order chi connectivity index (χ1) is 14.0. The molecule has 9 nitrogen and oxygen atoms in total. The van der Waals surface area contributed by atoms with E-state index in [9.17, 15) is 14.7 Å². The first-order valence-electron chi connectivity index (χ1n) is 8.63. The summed E-state index contributed by atoms with van der Waals surface area (Å²) in [5.74, 6) is -1.28. The Morgan fingerprint density at radius 3 is 2.76 bits per heavy atom. The summed E-state index contributed by atoms with van der Waals surface area (Å²) < 4.78 is 11.4. The second-order valence-electron chi connectivity index (χ2n) is 5.95. The molecule has 2 amide bonds. The van der Waals surface area contributed by atoms with Crippen LogP contribution < -0.4 is 15.4 Å². The van der Waals surface area contributed by atoms with E-state index in [0.717, 1.165) is 17.1 Å². The van der Waals surface area contributed by atoms with Gasteiger partial charge in [0.25, 0.3) is 0 Å². The number of benzene rings is 1. The van der Waals surface area contributed by atoms with Gasteiger partial charge in [0.1, 0.15) is 11.6 Å². The Labute approximate surface area is 175 Å². The second-order valence-corrected chi connectivity index (χ2v) is 7.16. The molecule has 0 saturated carbocycles. The molecule has 0 unspecified atom stereocenters. The van der Waals surface area contributed by atoms with Gasteiger partial charge in [0.2, 0.25) is 5.88 Å². The van der Waals surface area contributed by atoms with Crippen molar-refractivity contribution in [3.8, 4) is 5.88 Å². The normalized spacial score (nSPS) is 10.5. The number of aryl methyl sites for hydroxylation is 1. The molecule has 0 radical (unpaired) electrons. The maximum Gasteiger partial charge on any atom is 0.344 e. The standard InChI is InChI=1S/C18H18ClN5O4S/c19-13-4-2-12(3-5-13)10-28-15-14(17(25)26)16(29-23-15)22-18(27)21-6-1-8-24-9-7-20-11-24/h2-5,7,9,11H,1,6,8,10H2,(H,25,26)(H2,21,22,27). The van der Waals surface area contributed by atoms with E-state index in [4.69, 9.17) is 16.3 Å². The minimum atomic E-state index is -1.24. The summed E-state index contributed by atoms with van der Waals surface area (Å²) in [6.45, 7) is 1.26. The highest BCUT2D eigenvalue weighted by molar-refractivity contribution is 7.11. The fraction of sp³-hybridized carbons (Fsp3) is 0.222. The lowest BCUT2D eigenvalue weighted by Gasteiger charge is -2.08. The number of carboxylic acid groups (broad SMARTS) is 1. The fourth-order valence-electron chi connectivity index (χ4n) is 2.41. The number of aromatic carboxylic acids is 1. The Kier molecular flexibility index (Phi) is 7.04. The minimum absolute atomic E-state index is 0.0483. The van der Waals surface area contributed by atoms with Crippen molar-refractivity contribution in [3.63, 3.8) is 0 Å². The lowest BCUT2D eigenvalue weighted by molar-refractivity contribution is 0.0693. The molecule has 0 saturated heterocycles. The van der Waals surface area contributed by atoms with Crippen LogP contribution in [0, 0.1) is 0 Å². The highest BCUT2D eigenvalue weighted by Crippen LogP contribution is 2.31. The van der Waals surface area contributed by atoms with Gasteiger partial charge in [-0.05, 0) is 35.6 Å². The summed E-state index contributed by atoms with van der Waals surface area (Å²) in [5.41, 5.74) is 0.626. The average molecular weight is 436 g/mol. The van der Waals surface area contributed by atoms with Crippen LogP contribution >= 0.6 is 23.1 Å². The van der Waals surface area contributed by atoms with Crippen molar-refractivity contribution in [1.29, 1.82) is 0 Å². The van der Waals surface area contributed by atoms with Crippen molar-refractivity contribution in [2.75, 3.05) is 11.9 Å². The van der Waals surface area contributed by atoms with Crippen LogP contribution in [-0.4, -0.2) is 37.6 Å². The summed E-state index contributed by atoms with van der Waals surface area (Å²) in [6, 6.07) is 6.45. The number of carboxylic acids is 1. The van der Waals surface area contributed by atoms with Gasteiger partial charge < -0.3 is 19.7 Å². The highest BCUT2D eigenvalue weighted by atomic mass is 35.5. The van der Waals surface area contributed by atoms with Gasteiger partial charge in [0.05, 0.1) is 6.33 Å². The van der Waals surface area contributed by atoms with Gasteiger partial charge in [-0.15, -0.1) is 0 Å². The number of imidazole rings is 1. The van der Waals surface area contributed by atoms with Gasteiger partial charge in [-0.25, -0.2) is 14.6 Å². The second kappa shape index (κ2) is 9.89. The lowest BCUT2D eigenvalue weighted by Crippen LogP contribution is -2.30. The van der Waals surface area contributed by atoms with Crippen molar-refractivity contribution >= 4 is 40.1 Å². The molecule has 1 aromatic carbocycles. The molecule has 11 heteroatoms. The van der Waals surface area contributed by atoms with Crippen LogP contribution in [0.25, 0.3) is 0 Å². The van der Waals surface area contributed by atoms with Gasteiger partial charge in [-0.3, -0.25) is 5.32 Å². The van der Waals surface area contributed by atoms with E-state index in [1.54, 1.807) is 36.8 Å². The first kappa shape index (κ1) is 20.6. The van der Waals surface area contributed by atoms with Gasteiger partial charge in [0, 0.05) is 30.5 Å². The zero-order valence-corrected chi connectivity index (χ0v) is 16.7. The molecule has 0 atom stereocenters. The molecule has 152 valence electrons. The van der Waals surface area contributed by atoms with Crippen LogP contribution in [0.5, 0.6) is 5.88 Å². The van der Waals surface area contributed by atoms with E-state index in [1.165, 1.54) is 0 Å². The highest BCUT2D eigenvalue weighted by Gasteiger charge is 2.23. The number of hydrogen-bond donors (Lipinski definition) is 3. The molecule has 3 aromatic rings. The Bertz CT molecular complexity index is 959. The van der Waals surface area contributed by atoms with Crippen LogP contribution in [-0.2, 0) is 13.2 Å². The minimum Gasteiger partial charge on any atom is -0.477 e. The number of rotatable bonds is 9. The predicted molar refractivity (Wildman–Crippen MR) is 109 cm³/mol. The molecule has 29 heavy (non-hydrogen) atoms. The Hall–Kier alpha value is -3.11. The number of nitrogens with one attached hydrogen (secondary N) is 2. The third-order valence-corrected chi connectivity index (χ3v) is 4.83. The van der Waals surface area contributed by atoms with Crippen molar-refractivity contribution in [3.05, 3.63) is 59.1 Å². The van der Waals surface area contributed by atoms with Crippen molar-refractivity contribution in [2.45, 2.75) is 19.6 Å². The number of aromatic nitrogens is 3. The van der Waals surface area contributed by atoms with E-state index in [0.29, 0.717) is 24.5 Å². The number of nitrogens with zero attached hydrogens (tertiary/aromatic N) is 3. The Balaban J connectivity index is 1.53. The number of urea groups is 1. The van der Waals surface area contributed by atoms with E-state index < -0.39 is 12.0 Å². The van der Waals surface area contributed by atoms with E-state index in [2.05, 4.69) is 20.0 Å². The quantitative estimate of drug-likeness (QED) is 0.443. The van der Waals surface area contributed by atoms with Gasteiger partial charge >= 0.3 is 12.0 Å². The SMILES string of the molecule is O=C(NCCCn1ccnc1)Nc1snc(OCc2ccc(Cl)cc2)c1C(=O)O. The van der Waals surface area contributed by atoms with E-state index >= 15 is 0 Å². The van der Waals surface area contributed by atoms with E-state index in [1.807, 2.05) is 10.8 Å². The third-order valence-electron chi connectivity index (χ3n) is 3.83. The summed E-state index contributed by atoms with van der Waals surface area (Å²) in [6.07, 6.45) is 5.92. The van der Waals surface area contributed by atoms with Crippen molar-refractivity contribution < 1.29 is 19.4 Å². The van der Waals surface area contributed by atoms with Crippen LogP contribution in [0.15, 0.2) is 43.0 Å². The maximum absolute atomic E-state index is 12.1. The Morgan fingerprint density at radius 2 is 2.07 bits per heavy atom. The van der Waals surface area contributed by atoms with Crippen molar-refractivity contribution in [1.82, 2.24) is 19.2 Å². The molecule has 0 spiro atoms. The topological polar surface area (TPSA) is 118 Å². The van der Waals surface area contributed by atoms with Crippen LogP contribution in [0.3, 0.4) is 0 Å². The molecular weight excluding hydrogens is 418 g/mol. The largest absolute Gasteiger partial charge is 0.477 e. The summed E-state index contributed by atoms with van der Waals surface area (Å²) in [4.78, 5) is 27.6. The van der Waals surface area contributed by atoms with Crippen LogP contribution in [0.1, 0.15) is 22.3 Å². The third kappa shape index (κ3) is 5.93. The summed E-state index contributed by atoms with van der Waals surface area (Å²) in [5, 5.41) is 15.4. The number of hydrogen-bond acceptors (Lipinski definition) is 6. The number of carbonyl (C=O) groups is 2. The summed E-state index contributed by atoms with van der Waals surface area (Å²) in [7, 11) is 0. The zero-order valence-electron chi connectivity index (χ0n) is 15.2. The number of amides is 2. The molecule has 0 fully saturated rings. The molecular formula is C18H18ClN5O4S. The number of halogens is 1. The monoisotopic (exact) mass is 435 g/mol. The van der Waals surface area contributed by atoms with Gasteiger partial charge in [-0.1, -0.05) is 23.7 Å². The molecule has 2 heterocycles. The number of ether oxygens (including phenoxy) is 1. The van der Waals surface area contributed by atoms with Crippen LogP contribution in [0.4, 0.5) is 9.80 Å². The van der Waals surface area contributed by atoms with Gasteiger partial charge in [-0.2, -0.15) is 4.37 Å². The Morgan fingerprint density at radius 1 is 1.28 bits per heavy atom. The lowest BCUT2D eigenvalue weighted by atomic mass is 10.2. The molecule has 3 rings (SSSR count). The van der Waals surface area contributed by atoms with Gasteiger partial charge in [0.15, 0.2) is 5.56 Å². The molecule has 0 aliphatic carbocycles. The first-order valence-corrected chi connectivity index (χ1v) is 9.79. The number of carbonyl (C=O) groups excluding carboxylic acids is 1. The predicted octanol–water partition coefficient (Wildman–Crippen LogP) is 3.48. The molecule has 0 aliphatic heterocycles.